The molecule has 0 spiro atoms. The minimum Gasteiger partial charge on any atom is -0.488 e. The van der Waals surface area contributed by atoms with E-state index in [0.717, 1.165) is 31.2 Å². The fourth-order valence-electron chi connectivity index (χ4n) is 3.98. The number of thiophene rings is 1. The average molecular weight is 431 g/mol. The standard InChI is InChI=1S/C23H27FN2O3S/c1-2-11-25(23(28)16-7-8-16)14-22(27)26-12-9-21-17(10-13-30-21)19(26)15-29-20-6-4-3-5-18(20)24/h3-6,10,13,16,19H,2,7-9,11-12,14-15H2,1H3. The summed E-state index contributed by atoms with van der Waals surface area (Å²) >= 11 is 1.67. The van der Waals surface area contributed by atoms with Gasteiger partial charge in [0.05, 0.1) is 12.6 Å². The van der Waals surface area contributed by atoms with Crippen LogP contribution in [0.3, 0.4) is 0 Å². The lowest BCUT2D eigenvalue weighted by molar-refractivity contribution is -0.143. The number of benzene rings is 1. The van der Waals surface area contributed by atoms with Crippen LogP contribution in [-0.4, -0.2) is 47.9 Å². The normalized spacial score (nSPS) is 18.1. The van der Waals surface area contributed by atoms with Crippen LogP contribution in [0.25, 0.3) is 0 Å². The molecule has 1 unspecified atom stereocenters. The number of rotatable bonds is 8. The number of para-hydroxylation sites is 1. The summed E-state index contributed by atoms with van der Waals surface area (Å²) in [5, 5.41) is 2.02. The van der Waals surface area contributed by atoms with Gasteiger partial charge in [-0.1, -0.05) is 19.1 Å². The molecule has 2 aromatic rings. The highest BCUT2D eigenvalue weighted by Crippen LogP contribution is 2.35. The second kappa shape index (κ2) is 9.16. The maximum absolute atomic E-state index is 14.0. The Kier molecular flexibility index (Phi) is 6.37. The first-order valence-electron chi connectivity index (χ1n) is 10.6. The number of nitrogens with zero attached hydrogens (tertiary/aromatic N) is 2. The summed E-state index contributed by atoms with van der Waals surface area (Å²) in [5.41, 5.74) is 1.06. The average Bonchev–Trinajstić information content (AvgIpc) is 3.48. The number of ether oxygens (including phenoxy) is 1. The molecule has 0 bridgehead atoms. The molecule has 1 aliphatic carbocycles. The predicted octanol–water partition coefficient (Wildman–Crippen LogP) is 4.04. The van der Waals surface area contributed by atoms with Crippen molar-refractivity contribution in [2.75, 3.05) is 26.2 Å². The molecule has 2 aliphatic rings. The van der Waals surface area contributed by atoms with Gasteiger partial charge < -0.3 is 14.5 Å². The van der Waals surface area contributed by atoms with Crippen LogP contribution >= 0.6 is 11.3 Å². The summed E-state index contributed by atoms with van der Waals surface area (Å²) in [6.07, 6.45) is 3.46. The largest absolute Gasteiger partial charge is 0.488 e. The zero-order valence-corrected chi connectivity index (χ0v) is 18.0. The van der Waals surface area contributed by atoms with Crippen molar-refractivity contribution < 1.29 is 18.7 Å². The fourth-order valence-corrected chi connectivity index (χ4v) is 4.91. The molecule has 1 fully saturated rings. The molecule has 2 heterocycles. The van der Waals surface area contributed by atoms with Crippen LogP contribution in [0.1, 0.15) is 42.7 Å². The van der Waals surface area contributed by atoms with E-state index in [-0.39, 0.29) is 42.7 Å². The monoisotopic (exact) mass is 430 g/mol. The molecular weight excluding hydrogens is 403 g/mol. The highest BCUT2D eigenvalue weighted by Gasteiger charge is 2.37. The molecule has 30 heavy (non-hydrogen) atoms. The van der Waals surface area contributed by atoms with Gasteiger partial charge in [0.1, 0.15) is 6.61 Å². The van der Waals surface area contributed by atoms with Gasteiger partial charge in [-0.3, -0.25) is 9.59 Å². The van der Waals surface area contributed by atoms with Crippen molar-refractivity contribution in [1.29, 1.82) is 0 Å². The van der Waals surface area contributed by atoms with E-state index in [1.165, 1.54) is 10.9 Å². The van der Waals surface area contributed by atoms with Crippen molar-refractivity contribution in [2.24, 2.45) is 5.92 Å². The van der Waals surface area contributed by atoms with E-state index in [0.29, 0.717) is 13.1 Å². The molecular formula is C23H27FN2O3S. The topological polar surface area (TPSA) is 49.9 Å². The van der Waals surface area contributed by atoms with E-state index < -0.39 is 5.82 Å². The molecule has 1 atom stereocenters. The van der Waals surface area contributed by atoms with Gasteiger partial charge in [-0.05, 0) is 54.8 Å². The molecule has 2 amide bonds. The van der Waals surface area contributed by atoms with E-state index >= 15 is 0 Å². The first kappa shape index (κ1) is 20.8. The van der Waals surface area contributed by atoms with Crippen molar-refractivity contribution in [2.45, 2.75) is 38.6 Å². The third-order valence-electron chi connectivity index (χ3n) is 5.71. The number of hydrogen-bond acceptors (Lipinski definition) is 4. The van der Waals surface area contributed by atoms with E-state index in [2.05, 4.69) is 0 Å². The molecule has 1 aromatic heterocycles. The van der Waals surface area contributed by atoms with E-state index in [1.54, 1.807) is 39.3 Å². The Balaban J connectivity index is 1.50. The second-order valence-electron chi connectivity index (χ2n) is 7.93. The maximum Gasteiger partial charge on any atom is 0.242 e. The third-order valence-corrected chi connectivity index (χ3v) is 6.70. The summed E-state index contributed by atoms with van der Waals surface area (Å²) in [5.74, 6) is -0.118. The van der Waals surface area contributed by atoms with E-state index in [1.807, 2.05) is 18.4 Å². The fraction of sp³-hybridized carbons (Fsp3) is 0.478. The van der Waals surface area contributed by atoms with Gasteiger partial charge in [0.2, 0.25) is 11.8 Å². The lowest BCUT2D eigenvalue weighted by Gasteiger charge is -2.37. The predicted molar refractivity (Wildman–Crippen MR) is 114 cm³/mol. The number of carbonyl (C=O) groups excluding carboxylic acids is 2. The SMILES string of the molecule is CCCN(CC(=O)N1CCc2sccc2C1COc1ccccc1F)C(=O)C1CC1. The van der Waals surface area contributed by atoms with Crippen LogP contribution in [-0.2, 0) is 16.0 Å². The number of fused-ring (bicyclic) bond motifs is 1. The van der Waals surface area contributed by atoms with E-state index in [4.69, 9.17) is 4.74 Å². The Labute approximate surface area is 180 Å². The van der Waals surface area contributed by atoms with Gasteiger partial charge in [-0.2, -0.15) is 0 Å². The Hall–Kier alpha value is -2.41. The number of halogens is 1. The Morgan fingerprint density at radius 2 is 2.07 bits per heavy atom. The minimum absolute atomic E-state index is 0.0727. The first-order valence-corrected chi connectivity index (χ1v) is 11.5. The van der Waals surface area contributed by atoms with Gasteiger partial charge in [0.25, 0.3) is 0 Å². The van der Waals surface area contributed by atoms with Gasteiger partial charge in [-0.15, -0.1) is 11.3 Å². The quantitative estimate of drug-likeness (QED) is 0.635. The summed E-state index contributed by atoms with van der Waals surface area (Å²) in [6, 6.07) is 8.04. The summed E-state index contributed by atoms with van der Waals surface area (Å²) < 4.78 is 19.8. The molecule has 1 aromatic carbocycles. The molecule has 160 valence electrons. The molecule has 5 nitrogen and oxygen atoms in total. The van der Waals surface area contributed by atoms with Crippen LogP contribution < -0.4 is 4.74 Å². The molecule has 1 saturated carbocycles. The maximum atomic E-state index is 14.0. The summed E-state index contributed by atoms with van der Waals surface area (Å²) in [6.45, 7) is 3.46. The summed E-state index contributed by atoms with van der Waals surface area (Å²) in [4.78, 5) is 30.6. The van der Waals surface area contributed by atoms with Crippen LogP contribution in [0.5, 0.6) is 5.75 Å². The van der Waals surface area contributed by atoms with Gasteiger partial charge in [-0.25, -0.2) is 4.39 Å². The minimum atomic E-state index is -0.416. The zero-order valence-electron chi connectivity index (χ0n) is 17.2. The van der Waals surface area contributed by atoms with Crippen molar-refractivity contribution in [3.8, 4) is 5.75 Å². The molecule has 0 radical (unpaired) electrons. The van der Waals surface area contributed by atoms with Gasteiger partial charge in [0, 0.05) is 23.9 Å². The van der Waals surface area contributed by atoms with Crippen molar-refractivity contribution >= 4 is 23.2 Å². The highest BCUT2D eigenvalue weighted by molar-refractivity contribution is 7.10. The highest BCUT2D eigenvalue weighted by atomic mass is 32.1. The molecule has 0 saturated heterocycles. The lowest BCUT2D eigenvalue weighted by atomic mass is 10.0. The zero-order chi connectivity index (χ0) is 21.1. The number of amides is 2. The number of carbonyl (C=O) groups is 2. The first-order chi connectivity index (χ1) is 14.6. The summed E-state index contributed by atoms with van der Waals surface area (Å²) in [7, 11) is 0. The smallest absolute Gasteiger partial charge is 0.242 e. The Morgan fingerprint density at radius 3 is 2.80 bits per heavy atom. The van der Waals surface area contributed by atoms with Crippen molar-refractivity contribution in [3.05, 3.63) is 52.0 Å². The second-order valence-corrected chi connectivity index (χ2v) is 8.93. The molecule has 0 N–H and O–H groups in total. The van der Waals surface area contributed by atoms with Crippen LogP contribution in [0.4, 0.5) is 4.39 Å². The van der Waals surface area contributed by atoms with Gasteiger partial charge >= 0.3 is 0 Å². The van der Waals surface area contributed by atoms with Crippen LogP contribution in [0.15, 0.2) is 35.7 Å². The molecule has 1 aliphatic heterocycles. The Bertz CT molecular complexity index is 911. The third kappa shape index (κ3) is 4.51. The molecule has 7 heteroatoms. The van der Waals surface area contributed by atoms with Gasteiger partial charge in [0.15, 0.2) is 11.6 Å². The van der Waals surface area contributed by atoms with Crippen LogP contribution in [0, 0.1) is 11.7 Å². The lowest BCUT2D eigenvalue weighted by Crippen LogP contribution is -2.48. The van der Waals surface area contributed by atoms with Crippen LogP contribution in [0.2, 0.25) is 0 Å². The van der Waals surface area contributed by atoms with E-state index in [9.17, 15) is 14.0 Å². The molecule has 4 rings (SSSR count). The number of hydrogen-bond donors (Lipinski definition) is 0. The van der Waals surface area contributed by atoms with Crippen molar-refractivity contribution in [3.63, 3.8) is 0 Å². The Morgan fingerprint density at radius 1 is 1.27 bits per heavy atom. The van der Waals surface area contributed by atoms with Crippen molar-refractivity contribution in [1.82, 2.24) is 9.80 Å².